The minimum Gasteiger partial charge on any atom is -0.478 e. The van der Waals surface area contributed by atoms with E-state index in [9.17, 15) is 19.3 Å². The van der Waals surface area contributed by atoms with Gasteiger partial charge in [-0.2, -0.15) is 0 Å². The van der Waals surface area contributed by atoms with E-state index in [0.717, 1.165) is 5.56 Å². The molecule has 0 radical (unpaired) electrons. The molecular weight excluding hydrogens is 343 g/mol. The molecule has 1 amide bonds. The smallest absolute Gasteiger partial charge is 0.269 e. The summed E-state index contributed by atoms with van der Waals surface area (Å²) < 4.78 is 23.8. The van der Waals surface area contributed by atoms with Gasteiger partial charge in [0.2, 0.25) is 6.10 Å². The number of non-ortho nitro benzene ring substituents is 1. The number of carbonyl (C=O) groups is 1. The number of nitro groups is 1. The molecule has 0 aliphatic carbocycles. The normalized spacial score (nSPS) is 19.2. The molecule has 2 aromatic carbocycles. The van der Waals surface area contributed by atoms with Gasteiger partial charge < -0.3 is 14.4 Å². The van der Waals surface area contributed by atoms with Crippen LogP contribution in [0.2, 0.25) is 0 Å². The second-order valence-electron chi connectivity index (χ2n) is 5.81. The Morgan fingerprint density at radius 3 is 2.38 bits per heavy atom. The summed E-state index contributed by atoms with van der Waals surface area (Å²) in [7, 11) is 1.54. The predicted octanol–water partition coefficient (Wildman–Crippen LogP) is 2.71. The highest BCUT2D eigenvalue weighted by Crippen LogP contribution is 2.38. The molecule has 136 valence electrons. The number of nitro benzene ring substituents is 1. The highest BCUT2D eigenvalue weighted by Gasteiger charge is 2.49. The van der Waals surface area contributed by atoms with Crippen molar-refractivity contribution >= 4 is 11.6 Å². The molecule has 1 aliphatic rings. The van der Waals surface area contributed by atoms with Crippen molar-refractivity contribution in [3.05, 3.63) is 70.0 Å². The molecular formula is C18H17FN2O5. The number of ether oxygens (including phenoxy) is 2. The molecule has 1 heterocycles. The monoisotopic (exact) mass is 360 g/mol. The molecule has 1 saturated heterocycles. The Morgan fingerprint density at radius 2 is 1.81 bits per heavy atom. The number of rotatable bonds is 7. The fourth-order valence-corrected chi connectivity index (χ4v) is 2.88. The highest BCUT2D eigenvalue weighted by atomic mass is 19.1. The van der Waals surface area contributed by atoms with Gasteiger partial charge in [0, 0.05) is 25.8 Å². The van der Waals surface area contributed by atoms with E-state index in [1.165, 1.54) is 43.5 Å². The minimum absolute atomic E-state index is 0.0288. The van der Waals surface area contributed by atoms with Gasteiger partial charge in [0.1, 0.15) is 17.6 Å². The van der Waals surface area contributed by atoms with Crippen LogP contribution in [0.1, 0.15) is 11.6 Å². The number of amides is 1. The number of halogens is 1. The van der Waals surface area contributed by atoms with E-state index >= 15 is 0 Å². The molecule has 2 aromatic rings. The summed E-state index contributed by atoms with van der Waals surface area (Å²) in [6, 6.07) is 11.0. The molecule has 0 saturated carbocycles. The maximum absolute atomic E-state index is 13.0. The lowest BCUT2D eigenvalue weighted by Gasteiger charge is -2.46. The molecule has 3 rings (SSSR count). The van der Waals surface area contributed by atoms with Crippen LogP contribution in [0.4, 0.5) is 10.1 Å². The SMILES string of the molecule is COCCN1C(=O)C(Oc2ccc(F)cc2)C1c1ccc([N+](=O)[O-])cc1. The average molecular weight is 360 g/mol. The first-order valence-electron chi connectivity index (χ1n) is 7.97. The third-order valence-corrected chi connectivity index (χ3v) is 4.21. The summed E-state index contributed by atoms with van der Waals surface area (Å²) in [4.78, 5) is 24.4. The molecule has 7 nitrogen and oxygen atoms in total. The Bertz CT molecular complexity index is 794. The van der Waals surface area contributed by atoms with Crippen LogP contribution >= 0.6 is 0 Å². The number of hydrogen-bond acceptors (Lipinski definition) is 5. The van der Waals surface area contributed by atoms with Crippen LogP contribution in [-0.2, 0) is 9.53 Å². The summed E-state index contributed by atoms with van der Waals surface area (Å²) in [6.07, 6.45) is -0.779. The first-order chi connectivity index (χ1) is 12.5. The van der Waals surface area contributed by atoms with Crippen LogP contribution < -0.4 is 4.74 Å². The summed E-state index contributed by atoms with van der Waals surface area (Å²) in [5, 5.41) is 10.8. The number of nitrogens with zero attached hydrogens (tertiary/aromatic N) is 2. The Kier molecular flexibility index (Phi) is 5.13. The fraction of sp³-hybridized carbons (Fsp3) is 0.278. The number of benzene rings is 2. The molecule has 1 aliphatic heterocycles. The lowest BCUT2D eigenvalue weighted by Crippen LogP contribution is -2.61. The standard InChI is InChI=1S/C18H17FN2O5/c1-25-11-10-20-16(12-2-6-14(7-3-12)21(23)24)17(18(20)22)26-15-8-4-13(19)5-9-15/h2-9,16-17H,10-11H2,1H3. The molecule has 2 atom stereocenters. The topological polar surface area (TPSA) is 81.9 Å². The van der Waals surface area contributed by atoms with Gasteiger partial charge in [-0.3, -0.25) is 14.9 Å². The van der Waals surface area contributed by atoms with Gasteiger partial charge in [0.05, 0.1) is 11.5 Å². The number of β-lactam (4-membered cyclic amide) rings is 1. The van der Waals surface area contributed by atoms with Gasteiger partial charge in [-0.25, -0.2) is 4.39 Å². The maximum atomic E-state index is 13.0. The van der Waals surface area contributed by atoms with Crippen molar-refractivity contribution in [3.63, 3.8) is 0 Å². The van der Waals surface area contributed by atoms with Crippen LogP contribution in [0.5, 0.6) is 5.75 Å². The Hall–Kier alpha value is -3.00. The van der Waals surface area contributed by atoms with Crippen LogP contribution in [0.3, 0.4) is 0 Å². The zero-order valence-corrected chi connectivity index (χ0v) is 14.0. The molecule has 0 bridgehead atoms. The van der Waals surface area contributed by atoms with Crippen LogP contribution in [0, 0.1) is 15.9 Å². The van der Waals surface area contributed by atoms with Crippen molar-refractivity contribution < 1.29 is 23.6 Å². The molecule has 1 fully saturated rings. The van der Waals surface area contributed by atoms with Crippen LogP contribution in [0.15, 0.2) is 48.5 Å². The van der Waals surface area contributed by atoms with E-state index in [4.69, 9.17) is 9.47 Å². The summed E-state index contributed by atoms with van der Waals surface area (Å²) >= 11 is 0. The second kappa shape index (κ2) is 7.49. The largest absolute Gasteiger partial charge is 0.478 e. The second-order valence-corrected chi connectivity index (χ2v) is 5.81. The molecule has 26 heavy (non-hydrogen) atoms. The Morgan fingerprint density at radius 1 is 1.15 bits per heavy atom. The minimum atomic E-state index is -0.779. The van der Waals surface area contributed by atoms with Crippen molar-refractivity contribution in [2.24, 2.45) is 0 Å². The molecule has 0 aromatic heterocycles. The number of hydrogen-bond donors (Lipinski definition) is 0. The van der Waals surface area contributed by atoms with Crippen molar-refractivity contribution in [1.82, 2.24) is 4.90 Å². The van der Waals surface area contributed by atoms with Crippen molar-refractivity contribution in [2.45, 2.75) is 12.1 Å². The third kappa shape index (κ3) is 3.50. The fourth-order valence-electron chi connectivity index (χ4n) is 2.88. The van der Waals surface area contributed by atoms with Gasteiger partial charge in [0.15, 0.2) is 0 Å². The van der Waals surface area contributed by atoms with Crippen molar-refractivity contribution in [3.8, 4) is 5.75 Å². The maximum Gasteiger partial charge on any atom is 0.269 e. The van der Waals surface area contributed by atoms with E-state index < -0.39 is 22.9 Å². The van der Waals surface area contributed by atoms with Gasteiger partial charge in [-0.1, -0.05) is 0 Å². The number of likely N-dealkylation sites (tertiary alicyclic amines) is 1. The number of carbonyl (C=O) groups excluding carboxylic acids is 1. The lowest BCUT2D eigenvalue weighted by molar-refractivity contribution is -0.384. The molecule has 2 unspecified atom stereocenters. The highest BCUT2D eigenvalue weighted by molar-refractivity contribution is 5.89. The van der Waals surface area contributed by atoms with Gasteiger partial charge in [0.25, 0.3) is 11.6 Å². The first kappa shape index (κ1) is 17.8. The van der Waals surface area contributed by atoms with E-state index in [1.54, 1.807) is 17.0 Å². The zero-order chi connectivity index (χ0) is 18.7. The van der Waals surface area contributed by atoms with Gasteiger partial charge in [-0.15, -0.1) is 0 Å². The van der Waals surface area contributed by atoms with E-state index in [0.29, 0.717) is 18.9 Å². The Balaban J connectivity index is 1.83. The predicted molar refractivity (Wildman–Crippen MR) is 90.2 cm³/mol. The van der Waals surface area contributed by atoms with Gasteiger partial charge >= 0.3 is 0 Å². The van der Waals surface area contributed by atoms with Crippen LogP contribution in [-0.4, -0.2) is 42.1 Å². The number of methoxy groups -OCH3 is 1. The van der Waals surface area contributed by atoms with Crippen LogP contribution in [0.25, 0.3) is 0 Å². The van der Waals surface area contributed by atoms with Gasteiger partial charge in [-0.05, 0) is 42.0 Å². The molecule has 8 heteroatoms. The summed E-state index contributed by atoms with van der Waals surface area (Å²) in [5.74, 6) is -0.233. The third-order valence-electron chi connectivity index (χ3n) is 4.21. The summed E-state index contributed by atoms with van der Waals surface area (Å²) in [5.41, 5.74) is 0.692. The first-order valence-corrected chi connectivity index (χ1v) is 7.97. The van der Waals surface area contributed by atoms with Crippen molar-refractivity contribution in [1.29, 1.82) is 0 Å². The zero-order valence-electron chi connectivity index (χ0n) is 14.0. The Labute approximate surface area is 149 Å². The lowest BCUT2D eigenvalue weighted by atomic mass is 9.90. The molecule has 0 spiro atoms. The summed E-state index contributed by atoms with van der Waals surface area (Å²) in [6.45, 7) is 0.735. The average Bonchev–Trinajstić information content (AvgIpc) is 2.65. The van der Waals surface area contributed by atoms with Crippen molar-refractivity contribution in [2.75, 3.05) is 20.3 Å². The molecule has 0 N–H and O–H groups in total. The van der Waals surface area contributed by atoms with E-state index in [-0.39, 0.29) is 11.6 Å². The van der Waals surface area contributed by atoms with E-state index in [2.05, 4.69) is 0 Å². The quantitative estimate of drug-likeness (QED) is 0.431. The van der Waals surface area contributed by atoms with E-state index in [1.807, 2.05) is 0 Å².